The van der Waals surface area contributed by atoms with Crippen LogP contribution in [0, 0.1) is 5.92 Å². The topological polar surface area (TPSA) is 29.9 Å². The van der Waals surface area contributed by atoms with E-state index < -0.39 is 0 Å². The molecule has 0 radical (unpaired) electrons. The van der Waals surface area contributed by atoms with Crippen LogP contribution >= 0.6 is 15.9 Å². The molecular formula is C14H18BrN3. The van der Waals surface area contributed by atoms with E-state index in [1.165, 1.54) is 10.0 Å². The zero-order valence-electron chi connectivity index (χ0n) is 10.5. The molecule has 96 valence electrons. The first-order valence-corrected chi connectivity index (χ1v) is 6.95. The van der Waals surface area contributed by atoms with E-state index in [-0.39, 0.29) is 0 Å². The van der Waals surface area contributed by atoms with E-state index in [9.17, 15) is 0 Å². The summed E-state index contributed by atoms with van der Waals surface area (Å²) in [7, 11) is 0. The van der Waals surface area contributed by atoms with Crippen LogP contribution in [0.4, 0.5) is 0 Å². The SMILES string of the molecule is CC(CNCc1ccccc1Br)Cn1ccnc1. The molecule has 0 aliphatic rings. The summed E-state index contributed by atoms with van der Waals surface area (Å²) in [4.78, 5) is 4.05. The lowest BCUT2D eigenvalue weighted by molar-refractivity contribution is 0.445. The van der Waals surface area contributed by atoms with E-state index in [1.807, 2.05) is 24.8 Å². The first-order valence-electron chi connectivity index (χ1n) is 6.15. The normalized spacial score (nSPS) is 12.6. The second kappa shape index (κ2) is 6.71. The minimum atomic E-state index is 0.585. The second-order valence-corrected chi connectivity index (χ2v) is 5.44. The monoisotopic (exact) mass is 307 g/mol. The van der Waals surface area contributed by atoms with Gasteiger partial charge in [0.1, 0.15) is 0 Å². The molecule has 4 heteroatoms. The molecule has 0 aliphatic carbocycles. The zero-order chi connectivity index (χ0) is 12.8. The van der Waals surface area contributed by atoms with Gasteiger partial charge in [-0.05, 0) is 24.1 Å². The maximum Gasteiger partial charge on any atom is 0.0946 e. The predicted octanol–water partition coefficient (Wildman–Crippen LogP) is 3.07. The molecule has 0 amide bonds. The summed E-state index contributed by atoms with van der Waals surface area (Å²) in [5, 5.41) is 3.49. The number of nitrogens with zero attached hydrogens (tertiary/aromatic N) is 2. The molecular weight excluding hydrogens is 290 g/mol. The van der Waals surface area contributed by atoms with Gasteiger partial charge in [-0.25, -0.2) is 4.98 Å². The molecule has 0 fully saturated rings. The predicted molar refractivity (Wildman–Crippen MR) is 77.2 cm³/mol. The first kappa shape index (κ1) is 13.3. The Hall–Kier alpha value is -1.13. The summed E-state index contributed by atoms with van der Waals surface area (Å²) in [5.41, 5.74) is 1.30. The van der Waals surface area contributed by atoms with Crippen molar-refractivity contribution in [1.82, 2.24) is 14.9 Å². The number of nitrogens with one attached hydrogen (secondary N) is 1. The summed E-state index contributed by atoms with van der Waals surface area (Å²) in [5.74, 6) is 0.585. The van der Waals surface area contributed by atoms with Crippen LogP contribution in [0.5, 0.6) is 0 Å². The zero-order valence-corrected chi connectivity index (χ0v) is 12.1. The Morgan fingerprint density at radius 1 is 1.39 bits per heavy atom. The van der Waals surface area contributed by atoms with Gasteiger partial charge >= 0.3 is 0 Å². The molecule has 3 nitrogen and oxygen atoms in total. The van der Waals surface area contributed by atoms with E-state index in [1.54, 1.807) is 0 Å². The quantitative estimate of drug-likeness (QED) is 0.889. The lowest BCUT2D eigenvalue weighted by atomic mass is 10.1. The molecule has 1 heterocycles. The van der Waals surface area contributed by atoms with Gasteiger partial charge in [0.2, 0.25) is 0 Å². The van der Waals surface area contributed by atoms with Crippen molar-refractivity contribution in [3.63, 3.8) is 0 Å². The van der Waals surface area contributed by atoms with Crippen molar-refractivity contribution >= 4 is 15.9 Å². The van der Waals surface area contributed by atoms with Crippen molar-refractivity contribution in [3.8, 4) is 0 Å². The summed E-state index contributed by atoms with van der Waals surface area (Å²) in [6.07, 6.45) is 5.69. The number of halogens is 1. The molecule has 0 spiro atoms. The molecule has 1 unspecified atom stereocenters. The van der Waals surface area contributed by atoms with E-state index in [0.717, 1.165) is 19.6 Å². The fourth-order valence-electron chi connectivity index (χ4n) is 1.91. The van der Waals surface area contributed by atoms with Gasteiger partial charge in [0, 0.05) is 30.0 Å². The molecule has 18 heavy (non-hydrogen) atoms. The van der Waals surface area contributed by atoms with Crippen LogP contribution < -0.4 is 5.32 Å². The highest BCUT2D eigenvalue weighted by Gasteiger charge is 2.03. The van der Waals surface area contributed by atoms with Gasteiger partial charge in [-0.2, -0.15) is 0 Å². The second-order valence-electron chi connectivity index (χ2n) is 4.59. The molecule has 2 aromatic rings. The molecule has 1 aromatic heterocycles. The fraction of sp³-hybridized carbons (Fsp3) is 0.357. The van der Waals surface area contributed by atoms with Crippen LogP contribution in [0.25, 0.3) is 0 Å². The maximum absolute atomic E-state index is 4.05. The van der Waals surface area contributed by atoms with Gasteiger partial charge in [-0.1, -0.05) is 41.1 Å². The standard InChI is InChI=1S/C14H18BrN3/c1-12(10-18-7-6-16-11-18)8-17-9-13-4-2-3-5-14(13)15/h2-7,11-12,17H,8-10H2,1H3. The molecule has 0 bridgehead atoms. The molecule has 1 aromatic carbocycles. The average Bonchev–Trinajstić information content (AvgIpc) is 2.84. The Labute approximate surface area is 116 Å². The number of imidazole rings is 1. The Morgan fingerprint density at radius 2 is 2.22 bits per heavy atom. The molecule has 0 saturated carbocycles. The van der Waals surface area contributed by atoms with E-state index in [0.29, 0.717) is 5.92 Å². The number of benzene rings is 1. The average molecular weight is 308 g/mol. The Kier molecular flexibility index (Phi) is 4.96. The molecule has 1 atom stereocenters. The molecule has 0 saturated heterocycles. The lowest BCUT2D eigenvalue weighted by Gasteiger charge is -2.13. The number of hydrogen-bond donors (Lipinski definition) is 1. The minimum Gasteiger partial charge on any atom is -0.337 e. The largest absolute Gasteiger partial charge is 0.337 e. The van der Waals surface area contributed by atoms with Crippen molar-refractivity contribution in [2.45, 2.75) is 20.0 Å². The van der Waals surface area contributed by atoms with Crippen molar-refractivity contribution in [2.75, 3.05) is 6.54 Å². The Balaban J connectivity index is 1.74. The van der Waals surface area contributed by atoms with Gasteiger partial charge in [0.25, 0.3) is 0 Å². The lowest BCUT2D eigenvalue weighted by Crippen LogP contribution is -2.23. The Bertz CT molecular complexity index is 468. The van der Waals surface area contributed by atoms with Gasteiger partial charge in [0.15, 0.2) is 0 Å². The number of aromatic nitrogens is 2. The third-order valence-corrected chi connectivity index (χ3v) is 3.62. The summed E-state index contributed by atoms with van der Waals surface area (Å²) >= 11 is 3.56. The molecule has 2 rings (SSSR count). The number of hydrogen-bond acceptors (Lipinski definition) is 2. The van der Waals surface area contributed by atoms with Gasteiger partial charge < -0.3 is 9.88 Å². The highest BCUT2D eigenvalue weighted by molar-refractivity contribution is 9.10. The third kappa shape index (κ3) is 3.96. The van der Waals surface area contributed by atoms with Crippen LogP contribution in [0.2, 0.25) is 0 Å². The summed E-state index contributed by atoms with van der Waals surface area (Å²) in [6.45, 7) is 5.14. The van der Waals surface area contributed by atoms with Gasteiger partial charge in [-0.15, -0.1) is 0 Å². The van der Waals surface area contributed by atoms with Crippen LogP contribution in [-0.4, -0.2) is 16.1 Å². The smallest absolute Gasteiger partial charge is 0.0946 e. The first-order chi connectivity index (χ1) is 8.75. The van der Waals surface area contributed by atoms with Crippen molar-refractivity contribution < 1.29 is 0 Å². The number of rotatable bonds is 6. The van der Waals surface area contributed by atoms with Crippen molar-refractivity contribution in [3.05, 3.63) is 53.0 Å². The van der Waals surface area contributed by atoms with Crippen LogP contribution in [-0.2, 0) is 13.1 Å². The van der Waals surface area contributed by atoms with Gasteiger partial charge in [-0.3, -0.25) is 0 Å². The van der Waals surface area contributed by atoms with Crippen LogP contribution in [0.3, 0.4) is 0 Å². The summed E-state index contributed by atoms with van der Waals surface area (Å²) < 4.78 is 3.28. The van der Waals surface area contributed by atoms with E-state index in [4.69, 9.17) is 0 Å². The van der Waals surface area contributed by atoms with Crippen LogP contribution in [0.1, 0.15) is 12.5 Å². The Morgan fingerprint density at radius 3 is 2.94 bits per heavy atom. The fourth-order valence-corrected chi connectivity index (χ4v) is 2.34. The van der Waals surface area contributed by atoms with E-state index in [2.05, 4.69) is 55.9 Å². The van der Waals surface area contributed by atoms with Crippen molar-refractivity contribution in [2.24, 2.45) is 5.92 Å². The van der Waals surface area contributed by atoms with E-state index >= 15 is 0 Å². The van der Waals surface area contributed by atoms with Crippen molar-refractivity contribution in [1.29, 1.82) is 0 Å². The minimum absolute atomic E-state index is 0.585. The van der Waals surface area contributed by atoms with Gasteiger partial charge in [0.05, 0.1) is 6.33 Å². The summed E-state index contributed by atoms with van der Waals surface area (Å²) in [6, 6.07) is 8.31. The third-order valence-electron chi connectivity index (χ3n) is 2.85. The molecule has 0 aliphatic heterocycles. The molecule has 1 N–H and O–H groups in total. The maximum atomic E-state index is 4.05. The van der Waals surface area contributed by atoms with Crippen LogP contribution in [0.15, 0.2) is 47.5 Å². The highest BCUT2D eigenvalue weighted by atomic mass is 79.9. The highest BCUT2D eigenvalue weighted by Crippen LogP contribution is 2.15.